The van der Waals surface area contributed by atoms with E-state index in [1.54, 1.807) is 31.3 Å². The van der Waals surface area contributed by atoms with Crippen molar-refractivity contribution in [1.82, 2.24) is 10.2 Å². The van der Waals surface area contributed by atoms with Gasteiger partial charge in [0, 0.05) is 38.8 Å². The molecule has 144 valence electrons. The summed E-state index contributed by atoms with van der Waals surface area (Å²) in [7, 11) is 3.26. The Balaban J connectivity index is 1.54. The van der Waals surface area contributed by atoms with E-state index in [9.17, 15) is 9.18 Å². The fraction of sp³-hybridized carbons (Fsp3) is 0.350. The highest BCUT2D eigenvalue weighted by molar-refractivity contribution is 5.74. The molecule has 2 aromatic carbocycles. The third kappa shape index (κ3) is 4.61. The zero-order valence-electron chi connectivity index (χ0n) is 15.6. The summed E-state index contributed by atoms with van der Waals surface area (Å²) in [5.74, 6) is 1.22. The van der Waals surface area contributed by atoms with Crippen molar-refractivity contribution in [3.8, 4) is 11.5 Å². The third-order valence-electron chi connectivity index (χ3n) is 4.65. The van der Waals surface area contributed by atoms with Crippen LogP contribution in [0.25, 0.3) is 0 Å². The van der Waals surface area contributed by atoms with Crippen LogP contribution < -0.4 is 19.7 Å². The molecule has 0 aromatic heterocycles. The van der Waals surface area contributed by atoms with E-state index in [-0.39, 0.29) is 11.8 Å². The lowest BCUT2D eigenvalue weighted by atomic mass is 10.2. The van der Waals surface area contributed by atoms with Crippen LogP contribution in [0.3, 0.4) is 0 Å². The quantitative estimate of drug-likeness (QED) is 0.876. The van der Waals surface area contributed by atoms with Crippen LogP contribution in [0, 0.1) is 5.82 Å². The molecule has 1 saturated heterocycles. The van der Waals surface area contributed by atoms with Gasteiger partial charge in [0.1, 0.15) is 17.3 Å². The molecular formula is C20H24FN3O3. The molecule has 1 aliphatic heterocycles. The molecule has 0 radical (unpaired) electrons. The van der Waals surface area contributed by atoms with Gasteiger partial charge in [0.25, 0.3) is 0 Å². The molecule has 1 N–H and O–H groups in total. The topological polar surface area (TPSA) is 54.0 Å². The van der Waals surface area contributed by atoms with Gasteiger partial charge in [-0.3, -0.25) is 0 Å². The monoisotopic (exact) mass is 373 g/mol. The molecule has 1 heterocycles. The van der Waals surface area contributed by atoms with Crippen LogP contribution in [-0.4, -0.2) is 51.3 Å². The first-order valence-corrected chi connectivity index (χ1v) is 8.85. The van der Waals surface area contributed by atoms with E-state index in [1.807, 2.05) is 18.2 Å². The smallest absolute Gasteiger partial charge is 0.317 e. The highest BCUT2D eigenvalue weighted by Crippen LogP contribution is 2.32. The number of anilines is 1. The van der Waals surface area contributed by atoms with E-state index in [1.165, 1.54) is 12.1 Å². The Hall–Kier alpha value is -2.96. The van der Waals surface area contributed by atoms with Crippen LogP contribution >= 0.6 is 0 Å². The van der Waals surface area contributed by atoms with Crippen LogP contribution in [0.1, 0.15) is 5.56 Å². The molecular weight excluding hydrogens is 349 g/mol. The first-order valence-electron chi connectivity index (χ1n) is 8.85. The summed E-state index contributed by atoms with van der Waals surface area (Å²) in [5, 5.41) is 2.89. The summed E-state index contributed by atoms with van der Waals surface area (Å²) in [4.78, 5) is 16.4. The summed E-state index contributed by atoms with van der Waals surface area (Å²) < 4.78 is 23.6. The number of nitrogens with one attached hydrogen (secondary N) is 1. The Morgan fingerprint density at radius 1 is 1.04 bits per heavy atom. The lowest BCUT2D eigenvalue weighted by Crippen LogP contribution is -2.51. The minimum atomic E-state index is -0.282. The second kappa shape index (κ2) is 8.62. The van der Waals surface area contributed by atoms with Gasteiger partial charge in [0.2, 0.25) is 0 Å². The van der Waals surface area contributed by atoms with E-state index in [4.69, 9.17) is 9.47 Å². The van der Waals surface area contributed by atoms with Crippen molar-refractivity contribution in [2.75, 3.05) is 45.3 Å². The number of ether oxygens (including phenoxy) is 2. The van der Waals surface area contributed by atoms with Crippen molar-refractivity contribution < 1.29 is 18.7 Å². The van der Waals surface area contributed by atoms with Crippen molar-refractivity contribution in [3.05, 3.63) is 53.8 Å². The number of amides is 2. The number of benzene rings is 2. The molecule has 2 aromatic rings. The Morgan fingerprint density at radius 3 is 2.37 bits per heavy atom. The highest BCUT2D eigenvalue weighted by Gasteiger charge is 2.23. The minimum absolute atomic E-state index is 0.110. The number of hydrogen-bond donors (Lipinski definition) is 1. The first kappa shape index (κ1) is 18.8. The normalized spacial score (nSPS) is 14.0. The second-order valence-corrected chi connectivity index (χ2v) is 6.30. The van der Waals surface area contributed by atoms with Gasteiger partial charge in [-0.05, 0) is 29.8 Å². The number of piperazine rings is 1. The Kier molecular flexibility index (Phi) is 6.01. The van der Waals surface area contributed by atoms with E-state index in [0.29, 0.717) is 32.7 Å². The summed E-state index contributed by atoms with van der Waals surface area (Å²) >= 11 is 0. The Labute approximate surface area is 158 Å². The molecule has 0 unspecified atom stereocenters. The van der Waals surface area contributed by atoms with Crippen molar-refractivity contribution in [2.24, 2.45) is 0 Å². The molecule has 0 aliphatic carbocycles. The number of nitrogens with zero attached hydrogens (tertiary/aromatic N) is 2. The molecule has 7 heteroatoms. The summed E-state index contributed by atoms with van der Waals surface area (Å²) in [6.45, 7) is 3.04. The zero-order valence-corrected chi connectivity index (χ0v) is 15.6. The van der Waals surface area contributed by atoms with Gasteiger partial charge in [-0.1, -0.05) is 12.1 Å². The van der Waals surface area contributed by atoms with Gasteiger partial charge in [0.15, 0.2) is 0 Å². The van der Waals surface area contributed by atoms with Crippen molar-refractivity contribution in [2.45, 2.75) is 6.54 Å². The number of carbonyl (C=O) groups excluding carboxylic acids is 1. The summed E-state index contributed by atoms with van der Waals surface area (Å²) in [6.07, 6.45) is 0. The van der Waals surface area contributed by atoms with Crippen LogP contribution in [0.4, 0.5) is 14.9 Å². The fourth-order valence-electron chi connectivity index (χ4n) is 3.09. The maximum Gasteiger partial charge on any atom is 0.317 e. The number of methoxy groups -OCH3 is 2. The van der Waals surface area contributed by atoms with Crippen molar-refractivity contribution in [3.63, 3.8) is 0 Å². The number of urea groups is 1. The second-order valence-electron chi connectivity index (χ2n) is 6.30. The SMILES string of the molecule is COc1ccc(N2CCN(C(=O)NCc3ccc(F)cc3)CC2)c(OC)c1. The molecule has 0 spiro atoms. The van der Waals surface area contributed by atoms with E-state index in [0.717, 1.165) is 22.7 Å². The molecule has 0 saturated carbocycles. The molecule has 27 heavy (non-hydrogen) atoms. The minimum Gasteiger partial charge on any atom is -0.497 e. The number of halogens is 1. The van der Waals surface area contributed by atoms with E-state index < -0.39 is 0 Å². The first-order chi connectivity index (χ1) is 13.1. The number of rotatable bonds is 5. The summed E-state index contributed by atoms with van der Waals surface area (Å²) in [5.41, 5.74) is 1.86. The van der Waals surface area contributed by atoms with Gasteiger partial charge in [0.05, 0.1) is 19.9 Å². The average Bonchev–Trinajstić information content (AvgIpc) is 2.72. The molecule has 6 nitrogen and oxygen atoms in total. The van der Waals surface area contributed by atoms with Gasteiger partial charge in [-0.2, -0.15) is 0 Å². The maximum absolute atomic E-state index is 12.9. The van der Waals surface area contributed by atoms with Gasteiger partial charge in [-0.25, -0.2) is 9.18 Å². The van der Waals surface area contributed by atoms with Crippen LogP contribution in [-0.2, 0) is 6.54 Å². The molecule has 1 aliphatic rings. The molecule has 0 bridgehead atoms. The number of hydrogen-bond acceptors (Lipinski definition) is 4. The van der Waals surface area contributed by atoms with Gasteiger partial charge in [-0.15, -0.1) is 0 Å². The van der Waals surface area contributed by atoms with Crippen molar-refractivity contribution in [1.29, 1.82) is 0 Å². The standard InChI is InChI=1S/C20H24FN3O3/c1-26-17-7-8-18(19(13-17)27-2)23-9-11-24(12-10-23)20(25)22-14-15-3-5-16(21)6-4-15/h3-8,13H,9-12,14H2,1-2H3,(H,22,25). The van der Waals surface area contributed by atoms with Crippen LogP contribution in [0.5, 0.6) is 11.5 Å². The van der Waals surface area contributed by atoms with E-state index in [2.05, 4.69) is 10.2 Å². The predicted molar refractivity (Wildman–Crippen MR) is 102 cm³/mol. The zero-order chi connectivity index (χ0) is 19.2. The Bertz CT molecular complexity index is 775. The average molecular weight is 373 g/mol. The lowest BCUT2D eigenvalue weighted by Gasteiger charge is -2.36. The third-order valence-corrected chi connectivity index (χ3v) is 4.65. The van der Waals surface area contributed by atoms with Crippen LogP contribution in [0.15, 0.2) is 42.5 Å². The number of carbonyl (C=O) groups is 1. The fourth-order valence-corrected chi connectivity index (χ4v) is 3.09. The van der Waals surface area contributed by atoms with Gasteiger partial charge < -0.3 is 24.6 Å². The predicted octanol–water partition coefficient (Wildman–Crippen LogP) is 2.87. The summed E-state index contributed by atoms with van der Waals surface area (Å²) in [6, 6.07) is 11.7. The van der Waals surface area contributed by atoms with Gasteiger partial charge >= 0.3 is 6.03 Å². The largest absolute Gasteiger partial charge is 0.497 e. The molecule has 0 atom stereocenters. The van der Waals surface area contributed by atoms with Crippen molar-refractivity contribution >= 4 is 11.7 Å². The molecule has 2 amide bonds. The lowest BCUT2D eigenvalue weighted by molar-refractivity contribution is 0.194. The van der Waals surface area contributed by atoms with E-state index >= 15 is 0 Å². The molecule has 1 fully saturated rings. The Morgan fingerprint density at radius 2 is 1.74 bits per heavy atom. The molecule has 3 rings (SSSR count). The van der Waals surface area contributed by atoms with Crippen LogP contribution in [0.2, 0.25) is 0 Å². The maximum atomic E-state index is 12.9. The highest BCUT2D eigenvalue weighted by atomic mass is 19.1.